The largest absolute Gasteiger partial charge is 0.348 e. The van der Waals surface area contributed by atoms with Crippen LogP contribution in [0.4, 0.5) is 4.39 Å². The van der Waals surface area contributed by atoms with Crippen LogP contribution in [0.3, 0.4) is 0 Å². The topological polar surface area (TPSA) is 59.8 Å². The summed E-state index contributed by atoms with van der Waals surface area (Å²) in [5.41, 5.74) is 4.57. The molecule has 0 unspecified atom stereocenters. The molecule has 0 saturated carbocycles. The first-order chi connectivity index (χ1) is 13.5. The lowest BCUT2D eigenvalue weighted by molar-refractivity contribution is 0.0952. The maximum absolute atomic E-state index is 13.1. The predicted molar refractivity (Wildman–Crippen MR) is 106 cm³/mol. The molecule has 5 nitrogen and oxygen atoms in total. The number of benzene rings is 2. The van der Waals surface area contributed by atoms with E-state index < -0.39 is 0 Å². The molecule has 140 valence electrons. The molecule has 0 saturated heterocycles. The smallest absolute Gasteiger partial charge is 0.252 e. The Hall–Kier alpha value is -3.54. The summed E-state index contributed by atoms with van der Waals surface area (Å²) in [6.45, 7) is 2.23. The van der Waals surface area contributed by atoms with Gasteiger partial charge in [0.2, 0.25) is 0 Å². The Labute approximate surface area is 161 Å². The van der Waals surface area contributed by atoms with Gasteiger partial charge in [-0.05, 0) is 36.8 Å². The summed E-state index contributed by atoms with van der Waals surface area (Å²) in [7, 11) is 1.86. The zero-order valence-electron chi connectivity index (χ0n) is 15.6. The summed E-state index contributed by atoms with van der Waals surface area (Å²) in [6.07, 6.45) is 1.90. The van der Waals surface area contributed by atoms with E-state index in [1.54, 1.807) is 22.9 Å². The van der Waals surface area contributed by atoms with E-state index in [-0.39, 0.29) is 11.7 Å². The second-order valence-corrected chi connectivity index (χ2v) is 6.68. The van der Waals surface area contributed by atoms with Gasteiger partial charge in [0.05, 0.1) is 22.5 Å². The van der Waals surface area contributed by atoms with Crippen molar-refractivity contribution >= 4 is 16.8 Å². The van der Waals surface area contributed by atoms with Crippen molar-refractivity contribution in [3.8, 4) is 11.3 Å². The molecule has 0 spiro atoms. The van der Waals surface area contributed by atoms with Gasteiger partial charge in [0, 0.05) is 30.7 Å². The summed E-state index contributed by atoms with van der Waals surface area (Å²) in [5, 5.41) is 8.07. The van der Waals surface area contributed by atoms with Crippen LogP contribution in [0.2, 0.25) is 0 Å². The molecule has 1 amide bonds. The SMILES string of the molecule is Cc1nn(C)cc1-c1cc(C(=O)NCc2ccc(F)cc2)c2ccccc2n1. The zero-order valence-corrected chi connectivity index (χ0v) is 15.6. The molecule has 4 aromatic rings. The first kappa shape index (κ1) is 17.9. The van der Waals surface area contributed by atoms with Crippen LogP contribution >= 0.6 is 0 Å². The number of pyridine rings is 1. The molecule has 0 aliphatic heterocycles. The number of nitrogens with one attached hydrogen (secondary N) is 1. The number of hydrogen-bond donors (Lipinski definition) is 1. The van der Waals surface area contributed by atoms with E-state index in [9.17, 15) is 9.18 Å². The van der Waals surface area contributed by atoms with Gasteiger partial charge < -0.3 is 5.32 Å². The van der Waals surface area contributed by atoms with E-state index in [4.69, 9.17) is 4.98 Å². The number of hydrogen-bond acceptors (Lipinski definition) is 3. The zero-order chi connectivity index (χ0) is 19.7. The predicted octanol–water partition coefficient (Wildman–Crippen LogP) is 4.01. The maximum Gasteiger partial charge on any atom is 0.252 e. The van der Waals surface area contributed by atoms with Crippen LogP contribution in [0.15, 0.2) is 60.8 Å². The van der Waals surface area contributed by atoms with Crippen LogP contribution in [0.25, 0.3) is 22.2 Å². The molecular weight excluding hydrogens is 355 g/mol. The van der Waals surface area contributed by atoms with Crippen molar-refractivity contribution in [3.05, 3.63) is 83.4 Å². The van der Waals surface area contributed by atoms with Crippen molar-refractivity contribution in [1.82, 2.24) is 20.1 Å². The molecule has 28 heavy (non-hydrogen) atoms. The third-order valence-corrected chi connectivity index (χ3v) is 4.62. The fourth-order valence-electron chi connectivity index (χ4n) is 3.23. The average molecular weight is 374 g/mol. The lowest BCUT2D eigenvalue weighted by Crippen LogP contribution is -2.23. The number of aryl methyl sites for hydroxylation is 2. The quantitative estimate of drug-likeness (QED) is 0.587. The van der Waals surface area contributed by atoms with Gasteiger partial charge >= 0.3 is 0 Å². The van der Waals surface area contributed by atoms with Crippen LogP contribution in [-0.4, -0.2) is 20.7 Å². The molecule has 0 atom stereocenters. The van der Waals surface area contributed by atoms with E-state index in [0.717, 1.165) is 27.7 Å². The first-order valence-electron chi connectivity index (χ1n) is 8.94. The summed E-state index contributed by atoms with van der Waals surface area (Å²) < 4.78 is 14.8. The third kappa shape index (κ3) is 3.49. The Morgan fingerprint density at radius 1 is 1.14 bits per heavy atom. The van der Waals surface area contributed by atoms with E-state index in [1.807, 2.05) is 44.4 Å². The lowest BCUT2D eigenvalue weighted by atomic mass is 10.0. The molecule has 1 N–H and O–H groups in total. The monoisotopic (exact) mass is 374 g/mol. The Bertz CT molecular complexity index is 1170. The highest BCUT2D eigenvalue weighted by molar-refractivity contribution is 6.07. The lowest BCUT2D eigenvalue weighted by Gasteiger charge is -2.10. The van der Waals surface area contributed by atoms with Crippen molar-refractivity contribution in [2.24, 2.45) is 7.05 Å². The molecule has 2 aromatic carbocycles. The fraction of sp³-hybridized carbons (Fsp3) is 0.136. The highest BCUT2D eigenvalue weighted by atomic mass is 19.1. The molecule has 0 fully saturated rings. The highest BCUT2D eigenvalue weighted by Crippen LogP contribution is 2.26. The van der Waals surface area contributed by atoms with Gasteiger partial charge in [-0.15, -0.1) is 0 Å². The molecule has 0 radical (unpaired) electrons. The number of fused-ring (bicyclic) bond motifs is 1. The minimum absolute atomic E-state index is 0.203. The third-order valence-electron chi connectivity index (χ3n) is 4.62. The number of halogens is 1. The first-order valence-corrected chi connectivity index (χ1v) is 8.94. The summed E-state index contributed by atoms with van der Waals surface area (Å²) in [6, 6.07) is 15.4. The number of rotatable bonds is 4. The number of aromatic nitrogens is 3. The Morgan fingerprint density at radius 3 is 2.61 bits per heavy atom. The summed E-state index contributed by atoms with van der Waals surface area (Å²) in [4.78, 5) is 17.7. The Balaban J connectivity index is 1.71. The van der Waals surface area contributed by atoms with Crippen LogP contribution in [-0.2, 0) is 13.6 Å². The minimum atomic E-state index is -0.299. The Morgan fingerprint density at radius 2 is 1.89 bits per heavy atom. The normalized spacial score (nSPS) is 11.0. The number of para-hydroxylation sites is 1. The second-order valence-electron chi connectivity index (χ2n) is 6.68. The minimum Gasteiger partial charge on any atom is -0.348 e. The number of carbonyl (C=O) groups is 1. The van der Waals surface area contributed by atoms with Gasteiger partial charge in [-0.3, -0.25) is 9.48 Å². The standard InChI is InChI=1S/C22H19FN4O/c1-14-19(13-27(2)26-14)21-11-18(17-5-3-4-6-20(17)25-21)22(28)24-12-15-7-9-16(23)10-8-15/h3-11,13H,12H2,1-2H3,(H,24,28). The number of amides is 1. The molecular formula is C22H19FN4O. The van der Waals surface area contributed by atoms with Gasteiger partial charge in [-0.1, -0.05) is 30.3 Å². The van der Waals surface area contributed by atoms with Gasteiger partial charge in [0.25, 0.3) is 5.91 Å². The van der Waals surface area contributed by atoms with E-state index in [2.05, 4.69) is 10.4 Å². The van der Waals surface area contributed by atoms with Crippen molar-refractivity contribution < 1.29 is 9.18 Å². The van der Waals surface area contributed by atoms with Gasteiger partial charge in [0.15, 0.2) is 0 Å². The molecule has 0 aliphatic carbocycles. The van der Waals surface area contributed by atoms with Crippen molar-refractivity contribution in [2.45, 2.75) is 13.5 Å². The van der Waals surface area contributed by atoms with Gasteiger partial charge in [-0.25, -0.2) is 9.37 Å². The Kier molecular flexibility index (Phi) is 4.61. The number of nitrogens with zero attached hydrogens (tertiary/aromatic N) is 3. The van der Waals surface area contributed by atoms with E-state index in [1.165, 1.54) is 12.1 Å². The van der Waals surface area contributed by atoms with Gasteiger partial charge in [0.1, 0.15) is 5.82 Å². The van der Waals surface area contributed by atoms with Crippen molar-refractivity contribution in [2.75, 3.05) is 0 Å². The summed E-state index contributed by atoms with van der Waals surface area (Å²) >= 11 is 0. The molecule has 6 heteroatoms. The van der Waals surface area contributed by atoms with Gasteiger partial charge in [-0.2, -0.15) is 5.10 Å². The van der Waals surface area contributed by atoms with E-state index in [0.29, 0.717) is 17.8 Å². The molecule has 2 heterocycles. The molecule has 4 rings (SSSR count). The van der Waals surface area contributed by atoms with Crippen molar-refractivity contribution in [3.63, 3.8) is 0 Å². The maximum atomic E-state index is 13.1. The van der Waals surface area contributed by atoms with Crippen LogP contribution in [0, 0.1) is 12.7 Å². The van der Waals surface area contributed by atoms with Crippen LogP contribution < -0.4 is 5.32 Å². The second kappa shape index (κ2) is 7.23. The van der Waals surface area contributed by atoms with Crippen LogP contribution in [0.5, 0.6) is 0 Å². The molecule has 0 aliphatic rings. The van der Waals surface area contributed by atoms with Crippen molar-refractivity contribution in [1.29, 1.82) is 0 Å². The molecule has 2 aromatic heterocycles. The van der Waals surface area contributed by atoms with E-state index >= 15 is 0 Å². The highest BCUT2D eigenvalue weighted by Gasteiger charge is 2.16. The number of carbonyl (C=O) groups excluding carboxylic acids is 1. The molecule has 0 bridgehead atoms. The summed E-state index contributed by atoms with van der Waals surface area (Å²) in [5.74, 6) is -0.502. The average Bonchev–Trinajstić information content (AvgIpc) is 3.04. The van der Waals surface area contributed by atoms with Crippen LogP contribution in [0.1, 0.15) is 21.6 Å². The fourth-order valence-corrected chi connectivity index (χ4v) is 3.23.